The van der Waals surface area contributed by atoms with E-state index in [-0.39, 0.29) is 0 Å². The number of aromatic nitrogens is 5. The Hall–Kier alpha value is -2.18. The molecule has 2 rings (SSSR count). The summed E-state index contributed by atoms with van der Waals surface area (Å²) >= 11 is 0. The van der Waals surface area contributed by atoms with E-state index in [2.05, 4.69) is 20.4 Å². The van der Waals surface area contributed by atoms with Crippen molar-refractivity contribution >= 4 is 0 Å². The molecule has 2 aromatic heterocycles. The summed E-state index contributed by atoms with van der Waals surface area (Å²) in [5, 5.41) is 9.66. The standard InChI is InChI=1S/C7H7N5O2/c1-4-3-12(5-2-8-11-10-5)7(14)9-6(4)13/h2-3H,1H3,(H,8,10,11)(H,9,13,14). The molecule has 0 spiro atoms. The van der Waals surface area contributed by atoms with Crippen LogP contribution in [0.25, 0.3) is 5.82 Å². The van der Waals surface area contributed by atoms with Gasteiger partial charge in [-0.05, 0) is 6.92 Å². The molecule has 0 aromatic carbocycles. The summed E-state index contributed by atoms with van der Waals surface area (Å²) in [5.74, 6) is 0.342. The average Bonchev–Trinajstić information content (AvgIpc) is 2.64. The summed E-state index contributed by atoms with van der Waals surface area (Å²) in [6.45, 7) is 1.61. The van der Waals surface area contributed by atoms with E-state index in [1.165, 1.54) is 17.0 Å². The molecule has 0 aliphatic carbocycles. The van der Waals surface area contributed by atoms with Gasteiger partial charge < -0.3 is 0 Å². The Balaban J connectivity index is 2.72. The molecule has 2 aromatic rings. The van der Waals surface area contributed by atoms with Gasteiger partial charge in [-0.25, -0.2) is 9.36 Å². The van der Waals surface area contributed by atoms with E-state index in [9.17, 15) is 9.59 Å². The third kappa shape index (κ3) is 1.24. The molecular weight excluding hydrogens is 186 g/mol. The van der Waals surface area contributed by atoms with Gasteiger partial charge in [-0.2, -0.15) is 10.3 Å². The van der Waals surface area contributed by atoms with Crippen LogP contribution >= 0.6 is 0 Å². The second kappa shape index (κ2) is 2.95. The number of nitrogens with zero attached hydrogens (tertiary/aromatic N) is 3. The number of hydrogen-bond donors (Lipinski definition) is 2. The van der Waals surface area contributed by atoms with Crippen LogP contribution in [0.15, 0.2) is 22.0 Å². The summed E-state index contributed by atoms with van der Waals surface area (Å²) in [6.07, 6.45) is 2.80. The first-order valence-corrected chi connectivity index (χ1v) is 3.87. The maximum absolute atomic E-state index is 11.3. The van der Waals surface area contributed by atoms with E-state index in [0.29, 0.717) is 11.4 Å². The van der Waals surface area contributed by atoms with Crippen molar-refractivity contribution in [3.63, 3.8) is 0 Å². The Morgan fingerprint density at radius 1 is 1.43 bits per heavy atom. The van der Waals surface area contributed by atoms with E-state index in [1.54, 1.807) is 6.92 Å². The Bertz CT molecular complexity index is 550. The van der Waals surface area contributed by atoms with Crippen LogP contribution in [0.5, 0.6) is 0 Å². The highest BCUT2D eigenvalue weighted by Crippen LogP contribution is 1.94. The normalized spacial score (nSPS) is 10.4. The molecule has 0 aliphatic rings. The Kier molecular flexibility index (Phi) is 1.77. The predicted octanol–water partition coefficient (Wildman–Crippen LogP) is -1.05. The molecule has 0 radical (unpaired) electrons. The van der Waals surface area contributed by atoms with E-state index in [0.717, 1.165) is 0 Å². The van der Waals surface area contributed by atoms with Crippen LogP contribution in [-0.2, 0) is 0 Å². The quantitative estimate of drug-likeness (QED) is 0.604. The Labute approximate surface area is 77.4 Å². The van der Waals surface area contributed by atoms with Crippen LogP contribution < -0.4 is 11.2 Å². The van der Waals surface area contributed by atoms with Crippen LogP contribution in [-0.4, -0.2) is 25.0 Å². The zero-order chi connectivity index (χ0) is 10.1. The van der Waals surface area contributed by atoms with Gasteiger partial charge in [-0.1, -0.05) is 0 Å². The average molecular weight is 193 g/mol. The lowest BCUT2D eigenvalue weighted by Crippen LogP contribution is -2.29. The lowest BCUT2D eigenvalue weighted by atomic mass is 10.4. The highest BCUT2D eigenvalue weighted by molar-refractivity contribution is 5.17. The van der Waals surface area contributed by atoms with Crippen molar-refractivity contribution in [2.45, 2.75) is 6.92 Å². The molecule has 14 heavy (non-hydrogen) atoms. The zero-order valence-electron chi connectivity index (χ0n) is 7.31. The zero-order valence-corrected chi connectivity index (χ0v) is 7.31. The first-order valence-electron chi connectivity index (χ1n) is 3.87. The number of aromatic amines is 2. The first kappa shape index (κ1) is 8.42. The summed E-state index contributed by atoms with van der Waals surface area (Å²) in [7, 11) is 0. The first-order chi connectivity index (χ1) is 6.68. The third-order valence-electron chi connectivity index (χ3n) is 1.77. The maximum atomic E-state index is 11.3. The molecule has 0 atom stereocenters. The molecule has 0 aliphatic heterocycles. The molecule has 0 saturated heterocycles. The summed E-state index contributed by atoms with van der Waals surface area (Å²) < 4.78 is 1.21. The molecule has 0 amide bonds. The van der Waals surface area contributed by atoms with Crippen molar-refractivity contribution in [3.05, 3.63) is 38.8 Å². The second-order valence-corrected chi connectivity index (χ2v) is 2.77. The fourth-order valence-corrected chi connectivity index (χ4v) is 1.05. The van der Waals surface area contributed by atoms with E-state index in [4.69, 9.17) is 0 Å². The van der Waals surface area contributed by atoms with Gasteiger partial charge in [0.25, 0.3) is 5.56 Å². The van der Waals surface area contributed by atoms with Gasteiger partial charge in [0.05, 0.1) is 6.20 Å². The van der Waals surface area contributed by atoms with Crippen LogP contribution in [0.1, 0.15) is 5.56 Å². The molecule has 0 saturated carbocycles. The minimum Gasteiger partial charge on any atom is -0.273 e. The molecule has 2 heterocycles. The summed E-state index contributed by atoms with van der Waals surface area (Å²) in [4.78, 5) is 24.5. The molecular formula is C7H7N5O2. The van der Waals surface area contributed by atoms with Gasteiger partial charge in [-0.3, -0.25) is 9.78 Å². The number of aryl methyl sites for hydroxylation is 1. The van der Waals surface area contributed by atoms with Crippen molar-refractivity contribution in [1.82, 2.24) is 25.0 Å². The lowest BCUT2D eigenvalue weighted by molar-refractivity contribution is 0.837. The monoisotopic (exact) mass is 193 g/mol. The topological polar surface area (TPSA) is 96.4 Å². The van der Waals surface area contributed by atoms with Crippen molar-refractivity contribution in [3.8, 4) is 5.82 Å². The number of hydrogen-bond acceptors (Lipinski definition) is 4. The summed E-state index contributed by atoms with van der Waals surface area (Å²) in [5.41, 5.74) is -0.489. The molecule has 7 heteroatoms. The highest BCUT2D eigenvalue weighted by Gasteiger charge is 2.04. The minimum atomic E-state index is -0.533. The van der Waals surface area contributed by atoms with Crippen LogP contribution in [0.4, 0.5) is 0 Å². The van der Waals surface area contributed by atoms with E-state index < -0.39 is 11.2 Å². The SMILES string of the molecule is Cc1cn(-c2cn[nH]n2)c(=O)[nH]c1=O. The van der Waals surface area contributed by atoms with Crippen molar-refractivity contribution in [1.29, 1.82) is 0 Å². The number of nitrogens with one attached hydrogen (secondary N) is 2. The third-order valence-corrected chi connectivity index (χ3v) is 1.77. The fourth-order valence-electron chi connectivity index (χ4n) is 1.05. The van der Waals surface area contributed by atoms with E-state index >= 15 is 0 Å². The van der Waals surface area contributed by atoms with Gasteiger partial charge >= 0.3 is 5.69 Å². The van der Waals surface area contributed by atoms with Gasteiger partial charge in [-0.15, -0.1) is 5.10 Å². The van der Waals surface area contributed by atoms with Gasteiger partial charge in [0.2, 0.25) is 0 Å². The molecule has 2 N–H and O–H groups in total. The number of rotatable bonds is 1. The van der Waals surface area contributed by atoms with Crippen LogP contribution in [0, 0.1) is 6.92 Å². The van der Waals surface area contributed by atoms with Crippen molar-refractivity contribution < 1.29 is 0 Å². The Morgan fingerprint density at radius 2 is 2.21 bits per heavy atom. The minimum absolute atomic E-state index is 0.342. The predicted molar refractivity (Wildman–Crippen MR) is 47.3 cm³/mol. The second-order valence-electron chi connectivity index (χ2n) is 2.77. The molecule has 7 nitrogen and oxygen atoms in total. The lowest BCUT2D eigenvalue weighted by Gasteiger charge is -1.99. The molecule has 0 unspecified atom stereocenters. The smallest absolute Gasteiger partial charge is 0.273 e. The molecule has 0 bridgehead atoms. The summed E-state index contributed by atoms with van der Waals surface area (Å²) in [6, 6.07) is 0. The molecule has 0 fully saturated rings. The largest absolute Gasteiger partial charge is 0.334 e. The van der Waals surface area contributed by atoms with Crippen molar-refractivity contribution in [2.24, 2.45) is 0 Å². The van der Waals surface area contributed by atoms with Gasteiger partial charge in [0, 0.05) is 11.8 Å². The molecule has 72 valence electrons. The van der Waals surface area contributed by atoms with Crippen molar-refractivity contribution in [2.75, 3.05) is 0 Å². The highest BCUT2D eigenvalue weighted by atomic mass is 16.2. The Morgan fingerprint density at radius 3 is 2.86 bits per heavy atom. The maximum Gasteiger partial charge on any atom is 0.334 e. The van der Waals surface area contributed by atoms with Gasteiger partial charge in [0.15, 0.2) is 5.82 Å². The van der Waals surface area contributed by atoms with Crippen LogP contribution in [0.3, 0.4) is 0 Å². The van der Waals surface area contributed by atoms with E-state index in [1.807, 2.05) is 0 Å². The van der Waals surface area contributed by atoms with Crippen LogP contribution in [0.2, 0.25) is 0 Å². The number of H-pyrrole nitrogens is 2. The fraction of sp³-hybridized carbons (Fsp3) is 0.143. The van der Waals surface area contributed by atoms with Gasteiger partial charge in [0.1, 0.15) is 0 Å².